The largest absolute Gasteiger partial charge is 0.469 e. The van der Waals surface area contributed by atoms with Crippen molar-refractivity contribution in [2.75, 3.05) is 14.2 Å². The molecule has 0 atom stereocenters. The van der Waals surface area contributed by atoms with Crippen LogP contribution in [0.1, 0.15) is 219 Å². The third kappa shape index (κ3) is 45.5. The Hall–Kier alpha value is -1.10. The van der Waals surface area contributed by atoms with E-state index < -0.39 is 0 Å². The van der Waals surface area contributed by atoms with Gasteiger partial charge in [0.1, 0.15) is 0 Å². The topological polar surface area (TPSA) is 87.6 Å². The molecule has 0 aromatic heterocycles. The van der Waals surface area contributed by atoms with Gasteiger partial charge in [0.05, 0.1) is 14.2 Å². The Bertz CT molecular complexity index is 480. The summed E-state index contributed by atoms with van der Waals surface area (Å²) in [5.41, 5.74) is 0. The Kier molecular flexibility index (Phi) is 46.4. The Balaban J connectivity index is -0.000000727. The standard InChI is InChI=1S/2C19H38O2.H3N/c2*1-3-4-5-6-7-8-9-10-11-12-13-14-15-16-17-18-19(20)21-2;/h2*3-18H2,1-2H3;1H3. The van der Waals surface area contributed by atoms with E-state index in [0.29, 0.717) is 12.8 Å². The average Bonchev–Trinajstić information content (AvgIpc) is 3.01. The number of hydrogen-bond donors (Lipinski definition) is 1. The normalized spacial score (nSPS) is 10.5. The second kappa shape index (κ2) is 43.0. The summed E-state index contributed by atoms with van der Waals surface area (Å²) in [6.07, 6.45) is 41.9. The van der Waals surface area contributed by atoms with Gasteiger partial charge in [-0.05, 0) is 12.8 Å². The Morgan fingerprint density at radius 2 is 0.488 bits per heavy atom. The number of ether oxygens (including phenoxy) is 2. The van der Waals surface area contributed by atoms with Crippen LogP contribution in [0.2, 0.25) is 0 Å². The second-order valence-electron chi connectivity index (χ2n) is 12.6. The van der Waals surface area contributed by atoms with E-state index in [9.17, 15) is 9.59 Å². The van der Waals surface area contributed by atoms with Crippen LogP contribution in [0.4, 0.5) is 0 Å². The minimum absolute atomic E-state index is 0. The summed E-state index contributed by atoms with van der Waals surface area (Å²) in [5, 5.41) is 0. The van der Waals surface area contributed by atoms with E-state index in [4.69, 9.17) is 0 Å². The van der Waals surface area contributed by atoms with Crippen LogP contribution in [-0.2, 0) is 19.1 Å². The lowest BCUT2D eigenvalue weighted by Crippen LogP contribution is -1.99. The summed E-state index contributed by atoms with van der Waals surface area (Å²) in [6.45, 7) is 4.55. The summed E-state index contributed by atoms with van der Waals surface area (Å²) in [4.78, 5) is 21.8. The van der Waals surface area contributed by atoms with Crippen LogP contribution in [0.5, 0.6) is 0 Å². The molecule has 0 fully saturated rings. The van der Waals surface area contributed by atoms with Crippen LogP contribution >= 0.6 is 0 Å². The fraction of sp³-hybridized carbons (Fsp3) is 0.947. The third-order valence-electron chi connectivity index (χ3n) is 8.42. The quantitative estimate of drug-likeness (QED) is 0.0602. The molecule has 0 aliphatic rings. The SMILES string of the molecule is CCCCCCCCCCCCCCCCCC(=O)OC.CCCCCCCCCCCCCCCCCC(=O)OC.N. The first-order valence-corrected chi connectivity index (χ1v) is 18.8. The zero-order chi connectivity index (χ0) is 31.2. The fourth-order valence-corrected chi connectivity index (χ4v) is 5.49. The van der Waals surface area contributed by atoms with E-state index in [0.717, 1.165) is 12.8 Å². The molecule has 0 aliphatic heterocycles. The molecular weight excluding hydrogens is 534 g/mol. The van der Waals surface area contributed by atoms with Crippen LogP contribution in [0.3, 0.4) is 0 Å². The molecule has 5 heteroatoms. The second-order valence-corrected chi connectivity index (χ2v) is 12.6. The predicted octanol–water partition coefficient (Wildman–Crippen LogP) is 13.0. The molecule has 0 aliphatic carbocycles. The van der Waals surface area contributed by atoms with Gasteiger partial charge in [0.2, 0.25) is 0 Å². The molecule has 0 aromatic rings. The average molecular weight is 614 g/mol. The lowest BCUT2D eigenvalue weighted by molar-refractivity contribution is -0.141. The van der Waals surface area contributed by atoms with Gasteiger partial charge < -0.3 is 15.6 Å². The van der Waals surface area contributed by atoms with Gasteiger partial charge in [0, 0.05) is 12.8 Å². The van der Waals surface area contributed by atoms with Gasteiger partial charge in [-0.15, -0.1) is 0 Å². The lowest BCUT2D eigenvalue weighted by Gasteiger charge is -2.03. The zero-order valence-electron chi connectivity index (χ0n) is 30.0. The number of unbranched alkanes of at least 4 members (excludes halogenated alkanes) is 28. The van der Waals surface area contributed by atoms with Crippen LogP contribution in [-0.4, -0.2) is 26.2 Å². The molecule has 0 bridgehead atoms. The van der Waals surface area contributed by atoms with E-state index in [1.165, 1.54) is 194 Å². The summed E-state index contributed by atoms with van der Waals surface area (Å²) >= 11 is 0. The van der Waals surface area contributed by atoms with Crippen molar-refractivity contribution in [3.05, 3.63) is 0 Å². The highest BCUT2D eigenvalue weighted by molar-refractivity contribution is 5.69. The molecule has 0 aromatic carbocycles. The lowest BCUT2D eigenvalue weighted by atomic mass is 10.0. The maximum atomic E-state index is 10.9. The Morgan fingerprint density at radius 3 is 0.651 bits per heavy atom. The van der Waals surface area contributed by atoms with E-state index in [1.54, 1.807) is 0 Å². The first kappa shape index (κ1) is 46.3. The van der Waals surface area contributed by atoms with E-state index in [-0.39, 0.29) is 18.1 Å². The number of carbonyl (C=O) groups is 2. The number of hydrogen-bond acceptors (Lipinski definition) is 5. The molecule has 0 rings (SSSR count). The minimum Gasteiger partial charge on any atom is -0.469 e. The van der Waals surface area contributed by atoms with Gasteiger partial charge in [-0.3, -0.25) is 9.59 Å². The molecule has 0 heterocycles. The summed E-state index contributed by atoms with van der Waals surface area (Å²) in [6, 6.07) is 0. The van der Waals surface area contributed by atoms with Crippen molar-refractivity contribution < 1.29 is 19.1 Å². The van der Waals surface area contributed by atoms with Crippen LogP contribution in [0, 0.1) is 0 Å². The predicted molar refractivity (Wildman–Crippen MR) is 188 cm³/mol. The molecule has 0 unspecified atom stereocenters. The van der Waals surface area contributed by atoms with Crippen molar-refractivity contribution in [3.63, 3.8) is 0 Å². The van der Waals surface area contributed by atoms with Gasteiger partial charge in [-0.1, -0.05) is 194 Å². The highest BCUT2D eigenvalue weighted by atomic mass is 16.5. The third-order valence-corrected chi connectivity index (χ3v) is 8.42. The fourth-order valence-electron chi connectivity index (χ4n) is 5.49. The van der Waals surface area contributed by atoms with E-state index >= 15 is 0 Å². The molecule has 0 radical (unpaired) electrons. The smallest absolute Gasteiger partial charge is 0.305 e. The molecule has 0 spiro atoms. The number of methoxy groups -OCH3 is 2. The van der Waals surface area contributed by atoms with Gasteiger partial charge in [-0.25, -0.2) is 0 Å². The van der Waals surface area contributed by atoms with Crippen LogP contribution in [0.15, 0.2) is 0 Å². The highest BCUT2D eigenvalue weighted by Gasteiger charge is 2.00. The van der Waals surface area contributed by atoms with Crippen molar-refractivity contribution in [2.24, 2.45) is 0 Å². The van der Waals surface area contributed by atoms with Gasteiger partial charge in [0.25, 0.3) is 0 Å². The molecule has 43 heavy (non-hydrogen) atoms. The van der Waals surface area contributed by atoms with E-state index in [2.05, 4.69) is 23.3 Å². The molecular formula is C38H79NO4. The zero-order valence-corrected chi connectivity index (χ0v) is 30.0. The van der Waals surface area contributed by atoms with Crippen molar-refractivity contribution in [3.8, 4) is 0 Å². The maximum Gasteiger partial charge on any atom is 0.305 e. The summed E-state index contributed by atoms with van der Waals surface area (Å²) < 4.78 is 9.26. The van der Waals surface area contributed by atoms with Crippen molar-refractivity contribution in [1.29, 1.82) is 0 Å². The molecule has 0 saturated heterocycles. The van der Waals surface area contributed by atoms with Crippen LogP contribution in [0.25, 0.3) is 0 Å². The Labute approximate surface area is 270 Å². The highest BCUT2D eigenvalue weighted by Crippen LogP contribution is 2.15. The first-order valence-electron chi connectivity index (χ1n) is 18.8. The molecule has 0 saturated carbocycles. The van der Waals surface area contributed by atoms with Crippen molar-refractivity contribution in [2.45, 2.75) is 219 Å². The van der Waals surface area contributed by atoms with E-state index in [1.807, 2.05) is 0 Å². The number of carbonyl (C=O) groups excluding carboxylic acids is 2. The van der Waals surface area contributed by atoms with Gasteiger partial charge >= 0.3 is 11.9 Å². The van der Waals surface area contributed by atoms with Crippen LogP contribution < -0.4 is 6.15 Å². The first-order chi connectivity index (χ1) is 20.6. The summed E-state index contributed by atoms with van der Waals surface area (Å²) in [7, 11) is 2.93. The molecule has 5 nitrogen and oxygen atoms in total. The monoisotopic (exact) mass is 614 g/mol. The number of rotatable bonds is 32. The molecule has 260 valence electrons. The number of esters is 2. The minimum atomic E-state index is -0.0651. The van der Waals surface area contributed by atoms with Crippen molar-refractivity contribution in [1.82, 2.24) is 6.15 Å². The van der Waals surface area contributed by atoms with Gasteiger partial charge in [0.15, 0.2) is 0 Å². The molecule has 3 N–H and O–H groups in total. The Morgan fingerprint density at radius 1 is 0.326 bits per heavy atom. The maximum absolute atomic E-state index is 10.9. The van der Waals surface area contributed by atoms with Crippen molar-refractivity contribution >= 4 is 11.9 Å². The van der Waals surface area contributed by atoms with Gasteiger partial charge in [-0.2, -0.15) is 0 Å². The molecule has 0 amide bonds. The summed E-state index contributed by atoms with van der Waals surface area (Å²) in [5.74, 6) is -0.130.